The van der Waals surface area contributed by atoms with Gasteiger partial charge in [0.15, 0.2) is 5.70 Å². The molecule has 4 rings (SSSR count). The van der Waals surface area contributed by atoms with Crippen LogP contribution in [0.5, 0.6) is 5.75 Å². The lowest BCUT2D eigenvalue weighted by molar-refractivity contribution is -0.384. The third-order valence-electron chi connectivity index (χ3n) is 4.39. The van der Waals surface area contributed by atoms with E-state index in [1.807, 2.05) is 48.5 Å². The van der Waals surface area contributed by atoms with Gasteiger partial charge in [-0.05, 0) is 42.0 Å². The number of non-ortho nitro benzene ring substituents is 1. The number of benzene rings is 3. The number of nitro groups is 1. The number of carbonyl (C=O) groups is 1. The van der Waals surface area contributed by atoms with Gasteiger partial charge in [0.2, 0.25) is 5.90 Å². The fourth-order valence-corrected chi connectivity index (χ4v) is 2.87. The first-order chi connectivity index (χ1) is 14.6. The van der Waals surface area contributed by atoms with E-state index in [0.29, 0.717) is 11.3 Å². The first-order valence-corrected chi connectivity index (χ1v) is 9.13. The molecule has 0 radical (unpaired) electrons. The van der Waals surface area contributed by atoms with Gasteiger partial charge in [-0.25, -0.2) is 9.79 Å². The van der Waals surface area contributed by atoms with Crippen LogP contribution in [-0.2, 0) is 16.1 Å². The first kappa shape index (κ1) is 19.1. The molecule has 0 saturated carbocycles. The van der Waals surface area contributed by atoms with Crippen molar-refractivity contribution in [1.82, 2.24) is 0 Å². The van der Waals surface area contributed by atoms with Gasteiger partial charge in [0.1, 0.15) is 12.4 Å². The Morgan fingerprint density at radius 1 is 0.967 bits per heavy atom. The molecule has 0 atom stereocenters. The molecule has 30 heavy (non-hydrogen) atoms. The number of para-hydroxylation sites is 1. The van der Waals surface area contributed by atoms with Crippen molar-refractivity contribution < 1.29 is 19.2 Å². The number of cyclic esters (lactones) is 1. The van der Waals surface area contributed by atoms with Gasteiger partial charge in [-0.1, -0.05) is 36.4 Å². The van der Waals surface area contributed by atoms with Crippen molar-refractivity contribution in [3.63, 3.8) is 0 Å². The fourth-order valence-electron chi connectivity index (χ4n) is 2.87. The molecule has 3 aromatic carbocycles. The monoisotopic (exact) mass is 400 g/mol. The second-order valence-corrected chi connectivity index (χ2v) is 6.45. The normalized spacial score (nSPS) is 14.3. The molecule has 0 spiro atoms. The van der Waals surface area contributed by atoms with Crippen LogP contribution in [-0.4, -0.2) is 16.8 Å². The summed E-state index contributed by atoms with van der Waals surface area (Å²) in [5, 5.41) is 10.8. The van der Waals surface area contributed by atoms with E-state index < -0.39 is 10.9 Å². The van der Waals surface area contributed by atoms with Gasteiger partial charge in [-0.3, -0.25) is 10.1 Å². The quantitative estimate of drug-likeness (QED) is 0.263. The minimum absolute atomic E-state index is 0.0238. The maximum Gasteiger partial charge on any atom is 0.363 e. The molecule has 7 nitrogen and oxygen atoms in total. The predicted octanol–water partition coefficient (Wildman–Crippen LogP) is 4.52. The molecule has 7 heteroatoms. The molecule has 148 valence electrons. The zero-order valence-electron chi connectivity index (χ0n) is 15.7. The second kappa shape index (κ2) is 8.40. The van der Waals surface area contributed by atoms with E-state index in [2.05, 4.69) is 4.99 Å². The Morgan fingerprint density at radius 3 is 2.40 bits per heavy atom. The number of hydrogen-bond acceptors (Lipinski definition) is 6. The number of ether oxygens (including phenoxy) is 2. The largest absolute Gasteiger partial charge is 0.488 e. The number of nitro benzene ring substituents is 1. The van der Waals surface area contributed by atoms with Crippen LogP contribution in [0.1, 0.15) is 16.7 Å². The number of nitrogens with zero attached hydrogens (tertiary/aromatic N) is 2. The highest BCUT2D eigenvalue weighted by atomic mass is 16.6. The Morgan fingerprint density at radius 2 is 1.67 bits per heavy atom. The summed E-state index contributed by atoms with van der Waals surface area (Å²) in [6.07, 6.45) is 1.61. The van der Waals surface area contributed by atoms with Gasteiger partial charge in [-0.15, -0.1) is 0 Å². The zero-order chi connectivity index (χ0) is 20.9. The minimum atomic E-state index is -0.529. The van der Waals surface area contributed by atoms with Crippen LogP contribution in [0.3, 0.4) is 0 Å². The maximum absolute atomic E-state index is 12.2. The lowest BCUT2D eigenvalue weighted by atomic mass is 10.1. The van der Waals surface area contributed by atoms with Crippen molar-refractivity contribution in [2.75, 3.05) is 0 Å². The Hall–Kier alpha value is -4.26. The molecule has 0 unspecified atom stereocenters. The Labute approximate surface area is 172 Å². The standard InChI is InChI=1S/C23H16N2O5/c26-23-20(24-22(30-23)17-6-2-1-3-7-17)14-18-8-4-5-9-21(18)29-15-16-10-12-19(13-11-16)25(27)28/h1-14H,15H2. The number of aliphatic imine (C=N–C) groups is 1. The van der Waals surface area contributed by atoms with Crippen molar-refractivity contribution in [2.24, 2.45) is 4.99 Å². The van der Waals surface area contributed by atoms with E-state index in [9.17, 15) is 14.9 Å². The molecule has 0 fully saturated rings. The minimum Gasteiger partial charge on any atom is -0.488 e. The van der Waals surface area contributed by atoms with Crippen LogP contribution in [0.15, 0.2) is 89.6 Å². The van der Waals surface area contributed by atoms with Crippen LogP contribution < -0.4 is 4.74 Å². The highest BCUT2D eigenvalue weighted by Gasteiger charge is 2.24. The van der Waals surface area contributed by atoms with Crippen molar-refractivity contribution >= 4 is 23.6 Å². The summed E-state index contributed by atoms with van der Waals surface area (Å²) in [5.41, 5.74) is 2.38. The van der Waals surface area contributed by atoms with Crippen LogP contribution in [0.4, 0.5) is 5.69 Å². The SMILES string of the molecule is O=C1OC(c2ccccc2)=NC1=Cc1ccccc1OCc1ccc([N+](=O)[O-])cc1. The second-order valence-electron chi connectivity index (χ2n) is 6.45. The van der Waals surface area contributed by atoms with E-state index in [1.165, 1.54) is 12.1 Å². The van der Waals surface area contributed by atoms with Crippen molar-refractivity contribution in [1.29, 1.82) is 0 Å². The maximum atomic E-state index is 12.2. The van der Waals surface area contributed by atoms with Gasteiger partial charge in [0, 0.05) is 23.3 Å². The Kier molecular flexibility index (Phi) is 5.34. The van der Waals surface area contributed by atoms with Gasteiger partial charge in [0.05, 0.1) is 4.92 Å². The fraction of sp³-hybridized carbons (Fsp3) is 0.0435. The highest BCUT2D eigenvalue weighted by Crippen LogP contribution is 2.25. The van der Waals surface area contributed by atoms with E-state index in [0.717, 1.165) is 11.1 Å². The molecule has 0 aliphatic carbocycles. The van der Waals surface area contributed by atoms with Crippen LogP contribution in [0.25, 0.3) is 6.08 Å². The molecule has 0 N–H and O–H groups in total. The first-order valence-electron chi connectivity index (χ1n) is 9.13. The summed E-state index contributed by atoms with van der Waals surface area (Å²) < 4.78 is 11.1. The molecule has 0 saturated heterocycles. The lowest BCUT2D eigenvalue weighted by Crippen LogP contribution is -2.05. The molecular formula is C23H16N2O5. The van der Waals surface area contributed by atoms with Crippen molar-refractivity contribution in [3.8, 4) is 5.75 Å². The summed E-state index contributed by atoms with van der Waals surface area (Å²) in [5.74, 6) is 0.287. The average Bonchev–Trinajstić information content (AvgIpc) is 3.14. The highest BCUT2D eigenvalue weighted by molar-refractivity contribution is 6.12. The van der Waals surface area contributed by atoms with E-state index in [4.69, 9.17) is 9.47 Å². The topological polar surface area (TPSA) is 91.0 Å². The number of carbonyl (C=O) groups excluding carboxylic acids is 1. The number of esters is 1. The lowest BCUT2D eigenvalue weighted by Gasteiger charge is -2.09. The van der Waals surface area contributed by atoms with Crippen molar-refractivity contribution in [3.05, 3.63) is 111 Å². The molecule has 3 aromatic rings. The average molecular weight is 400 g/mol. The molecule has 0 bridgehead atoms. The smallest absolute Gasteiger partial charge is 0.363 e. The molecule has 1 aliphatic heterocycles. The Balaban J connectivity index is 1.54. The Bertz CT molecular complexity index is 1150. The molecule has 0 amide bonds. The number of rotatable bonds is 6. The zero-order valence-corrected chi connectivity index (χ0v) is 15.7. The van der Waals surface area contributed by atoms with E-state index in [1.54, 1.807) is 24.3 Å². The van der Waals surface area contributed by atoms with Gasteiger partial charge < -0.3 is 9.47 Å². The van der Waals surface area contributed by atoms with E-state index >= 15 is 0 Å². The summed E-state index contributed by atoms with van der Waals surface area (Å²) in [7, 11) is 0. The summed E-state index contributed by atoms with van der Waals surface area (Å²) >= 11 is 0. The number of hydrogen-bond donors (Lipinski definition) is 0. The molecule has 1 aliphatic rings. The third kappa shape index (κ3) is 4.25. The predicted molar refractivity (Wildman–Crippen MR) is 111 cm³/mol. The molecule has 1 heterocycles. The summed E-state index contributed by atoms with van der Waals surface area (Å²) in [4.78, 5) is 26.9. The van der Waals surface area contributed by atoms with Crippen LogP contribution in [0.2, 0.25) is 0 Å². The summed E-state index contributed by atoms with van der Waals surface area (Å²) in [6, 6.07) is 22.6. The van der Waals surface area contributed by atoms with Crippen LogP contribution >= 0.6 is 0 Å². The van der Waals surface area contributed by atoms with Crippen LogP contribution in [0, 0.1) is 10.1 Å². The van der Waals surface area contributed by atoms with Gasteiger partial charge >= 0.3 is 5.97 Å². The third-order valence-corrected chi connectivity index (χ3v) is 4.39. The van der Waals surface area contributed by atoms with Gasteiger partial charge in [-0.2, -0.15) is 0 Å². The summed E-state index contributed by atoms with van der Waals surface area (Å²) in [6.45, 7) is 0.223. The van der Waals surface area contributed by atoms with Gasteiger partial charge in [0.25, 0.3) is 5.69 Å². The van der Waals surface area contributed by atoms with E-state index in [-0.39, 0.29) is 23.9 Å². The van der Waals surface area contributed by atoms with Crippen molar-refractivity contribution in [2.45, 2.75) is 6.61 Å². The molecule has 0 aromatic heterocycles. The molecular weight excluding hydrogens is 384 g/mol.